The third kappa shape index (κ3) is 1.96. The Kier molecular flexibility index (Phi) is 3.06. The summed E-state index contributed by atoms with van der Waals surface area (Å²) in [6.45, 7) is 2.23. The third-order valence-corrected chi connectivity index (χ3v) is 6.55. The highest BCUT2D eigenvalue weighted by atomic mass is 32.2. The molecule has 1 unspecified atom stereocenters. The molecule has 0 aliphatic carbocycles. The zero-order valence-corrected chi connectivity index (χ0v) is 12.1. The van der Waals surface area contributed by atoms with Gasteiger partial charge in [-0.1, -0.05) is 18.2 Å². The molecule has 0 spiro atoms. The van der Waals surface area contributed by atoms with Crippen molar-refractivity contribution >= 4 is 15.7 Å². The van der Waals surface area contributed by atoms with Crippen molar-refractivity contribution in [1.82, 2.24) is 0 Å². The minimum absolute atomic E-state index is 0.0477. The highest BCUT2D eigenvalue weighted by Crippen LogP contribution is 2.42. The predicted molar refractivity (Wildman–Crippen MR) is 76.4 cm³/mol. The van der Waals surface area contributed by atoms with Crippen LogP contribution in [0.15, 0.2) is 24.3 Å². The number of para-hydroxylation sites is 1. The van der Waals surface area contributed by atoms with E-state index in [0.717, 1.165) is 50.1 Å². The van der Waals surface area contributed by atoms with Crippen LogP contribution in [0.3, 0.4) is 0 Å². The van der Waals surface area contributed by atoms with E-state index in [-0.39, 0.29) is 9.93 Å². The van der Waals surface area contributed by atoms with E-state index in [1.54, 1.807) is 0 Å². The lowest BCUT2D eigenvalue weighted by Crippen LogP contribution is -2.57. The zero-order chi connectivity index (χ0) is 13.5. The van der Waals surface area contributed by atoms with Gasteiger partial charge in [0, 0.05) is 11.3 Å². The molecule has 104 valence electrons. The number of fused-ring (bicyclic) bond motifs is 1. The number of hydrogen-bond acceptors (Lipinski definition) is 3. The quantitative estimate of drug-likeness (QED) is 0.845. The van der Waals surface area contributed by atoms with Crippen molar-refractivity contribution < 1.29 is 12.3 Å². The summed E-state index contributed by atoms with van der Waals surface area (Å²) in [6.07, 6.45) is 4.56. The number of nitrogens with zero attached hydrogens (tertiary/aromatic N) is 1. The van der Waals surface area contributed by atoms with Crippen molar-refractivity contribution in [3.8, 4) is 0 Å². The normalized spacial score (nSPS) is 25.6. The molecular weight excluding hydrogens is 260 g/mol. The van der Waals surface area contributed by atoms with Gasteiger partial charge in [-0.15, -0.1) is 0 Å². The van der Waals surface area contributed by atoms with Crippen molar-refractivity contribution in [1.29, 1.82) is 0 Å². The molecular formula is C14H21N2O2S+. The molecule has 1 N–H and O–H groups in total. The molecule has 3 rings (SSSR count). The minimum atomic E-state index is -3.12. The molecule has 1 saturated heterocycles. The van der Waals surface area contributed by atoms with E-state index in [0.29, 0.717) is 0 Å². The van der Waals surface area contributed by atoms with Gasteiger partial charge in [0.05, 0.1) is 25.9 Å². The number of quaternary nitrogens is 1. The monoisotopic (exact) mass is 281 g/mol. The Balaban J connectivity index is 2.08. The van der Waals surface area contributed by atoms with E-state index >= 15 is 0 Å². The average molecular weight is 281 g/mol. The first kappa shape index (κ1) is 12.9. The summed E-state index contributed by atoms with van der Waals surface area (Å²) in [6, 6.07) is 8.15. The van der Waals surface area contributed by atoms with E-state index in [9.17, 15) is 8.42 Å². The van der Waals surface area contributed by atoms with Crippen LogP contribution in [0.2, 0.25) is 0 Å². The molecule has 19 heavy (non-hydrogen) atoms. The maximum absolute atomic E-state index is 12.4. The Morgan fingerprint density at radius 2 is 1.84 bits per heavy atom. The fourth-order valence-corrected chi connectivity index (χ4v) is 5.18. The SMILES string of the molecule is CS(=O)(=O)[N+]1(C2CNc3ccccc32)CCCCC1. The molecule has 2 aliphatic rings. The molecule has 0 amide bonds. The summed E-state index contributed by atoms with van der Waals surface area (Å²) in [5.74, 6) is 0. The summed E-state index contributed by atoms with van der Waals surface area (Å²) in [4.78, 5) is 0. The van der Waals surface area contributed by atoms with Gasteiger partial charge in [0.15, 0.2) is 0 Å². The standard InChI is InChI=1S/C14H21N2O2S/c1-19(17,18)16(9-5-2-6-10-16)14-11-15-13-8-4-3-7-12(13)14/h3-4,7-8,14-15H,2,5-6,9-11H2,1H3/q+1. The molecule has 1 aromatic rings. The van der Waals surface area contributed by atoms with Crippen molar-refractivity contribution in [2.45, 2.75) is 25.3 Å². The van der Waals surface area contributed by atoms with Crippen LogP contribution in [0.25, 0.3) is 0 Å². The summed E-state index contributed by atoms with van der Waals surface area (Å²) < 4.78 is 25.1. The molecule has 0 saturated carbocycles. The second-order valence-corrected chi connectivity index (χ2v) is 7.87. The van der Waals surface area contributed by atoms with Crippen LogP contribution in [0.1, 0.15) is 30.9 Å². The van der Waals surface area contributed by atoms with Crippen molar-refractivity contribution in [3.63, 3.8) is 0 Å². The first-order chi connectivity index (χ1) is 9.05. The number of likely N-dealkylation sites (tertiary alicyclic amines) is 1. The van der Waals surface area contributed by atoms with E-state index in [2.05, 4.69) is 11.4 Å². The van der Waals surface area contributed by atoms with Gasteiger partial charge < -0.3 is 5.32 Å². The van der Waals surface area contributed by atoms with Crippen LogP contribution in [0.4, 0.5) is 5.69 Å². The average Bonchev–Trinajstić information content (AvgIpc) is 2.82. The molecule has 2 heterocycles. The Morgan fingerprint density at radius 1 is 1.16 bits per heavy atom. The van der Waals surface area contributed by atoms with Crippen LogP contribution in [0, 0.1) is 0 Å². The summed E-state index contributed by atoms with van der Waals surface area (Å²) in [5, 5.41) is 3.36. The first-order valence-corrected chi connectivity index (χ1v) is 8.79. The van der Waals surface area contributed by atoms with Crippen LogP contribution < -0.4 is 5.32 Å². The van der Waals surface area contributed by atoms with Gasteiger partial charge in [0.1, 0.15) is 6.04 Å². The summed E-state index contributed by atoms with van der Waals surface area (Å²) in [5.41, 5.74) is 2.26. The first-order valence-electron chi connectivity index (χ1n) is 6.94. The van der Waals surface area contributed by atoms with Crippen LogP contribution in [-0.2, 0) is 10.0 Å². The predicted octanol–water partition coefficient (Wildman–Crippen LogP) is 2.11. The number of nitrogens with one attached hydrogen (secondary N) is 1. The van der Waals surface area contributed by atoms with Gasteiger partial charge in [0.2, 0.25) is 0 Å². The number of rotatable bonds is 2. The van der Waals surface area contributed by atoms with Crippen molar-refractivity contribution in [3.05, 3.63) is 29.8 Å². The number of sulfonamides is 1. The second kappa shape index (κ2) is 4.49. The molecule has 0 aromatic heterocycles. The van der Waals surface area contributed by atoms with Gasteiger partial charge in [-0.3, -0.25) is 0 Å². The van der Waals surface area contributed by atoms with E-state index in [4.69, 9.17) is 0 Å². The second-order valence-electron chi connectivity index (χ2n) is 5.68. The number of benzene rings is 1. The van der Waals surface area contributed by atoms with Crippen LogP contribution in [-0.4, -0.2) is 38.2 Å². The Morgan fingerprint density at radius 3 is 2.53 bits per heavy atom. The van der Waals surface area contributed by atoms with Gasteiger partial charge in [-0.25, -0.2) is 3.89 Å². The third-order valence-electron chi connectivity index (χ3n) is 4.61. The highest BCUT2D eigenvalue weighted by Gasteiger charge is 2.49. The number of hydrogen-bond donors (Lipinski definition) is 1. The lowest BCUT2D eigenvalue weighted by atomic mass is 10.0. The Bertz CT molecular complexity index is 577. The molecule has 4 nitrogen and oxygen atoms in total. The number of piperidine rings is 1. The zero-order valence-electron chi connectivity index (χ0n) is 11.3. The largest absolute Gasteiger partial charge is 0.378 e. The molecule has 2 aliphatic heterocycles. The molecule has 1 fully saturated rings. The van der Waals surface area contributed by atoms with Crippen molar-refractivity contribution in [2.75, 3.05) is 31.2 Å². The van der Waals surface area contributed by atoms with Crippen LogP contribution >= 0.6 is 0 Å². The van der Waals surface area contributed by atoms with Gasteiger partial charge in [0.25, 0.3) is 10.0 Å². The fourth-order valence-electron chi connectivity index (χ4n) is 3.61. The maximum Gasteiger partial charge on any atom is 0.294 e. The highest BCUT2D eigenvalue weighted by molar-refractivity contribution is 7.85. The maximum atomic E-state index is 12.4. The fraction of sp³-hybridized carbons (Fsp3) is 0.571. The molecule has 0 radical (unpaired) electrons. The lowest BCUT2D eigenvalue weighted by molar-refractivity contribution is -0.841. The van der Waals surface area contributed by atoms with Gasteiger partial charge in [-0.2, -0.15) is 8.42 Å². The van der Waals surface area contributed by atoms with Crippen LogP contribution in [0.5, 0.6) is 0 Å². The summed E-state index contributed by atoms with van der Waals surface area (Å²) >= 11 is 0. The molecule has 0 bridgehead atoms. The molecule has 1 atom stereocenters. The van der Waals surface area contributed by atoms with E-state index < -0.39 is 10.0 Å². The molecule has 1 aromatic carbocycles. The smallest absolute Gasteiger partial charge is 0.294 e. The van der Waals surface area contributed by atoms with Gasteiger partial charge >= 0.3 is 0 Å². The Labute approximate surface area is 115 Å². The van der Waals surface area contributed by atoms with Crippen molar-refractivity contribution in [2.24, 2.45) is 0 Å². The lowest BCUT2D eigenvalue weighted by Gasteiger charge is -2.43. The van der Waals surface area contributed by atoms with Gasteiger partial charge in [-0.05, 0) is 25.3 Å². The van der Waals surface area contributed by atoms with E-state index in [1.807, 2.05) is 18.2 Å². The number of anilines is 1. The summed E-state index contributed by atoms with van der Waals surface area (Å²) in [7, 11) is -3.12. The molecule has 5 heteroatoms. The Hall–Kier alpha value is -1.07. The minimum Gasteiger partial charge on any atom is -0.378 e. The van der Waals surface area contributed by atoms with E-state index in [1.165, 1.54) is 6.26 Å². The topological polar surface area (TPSA) is 46.2 Å².